The molecule has 3 aromatic rings. The zero-order chi connectivity index (χ0) is 22.0. The van der Waals surface area contributed by atoms with Gasteiger partial charge in [0.2, 0.25) is 0 Å². The van der Waals surface area contributed by atoms with Gasteiger partial charge in [0.05, 0.1) is 17.7 Å². The number of aromatic nitrogens is 1. The van der Waals surface area contributed by atoms with Gasteiger partial charge < -0.3 is 9.84 Å². The van der Waals surface area contributed by atoms with Crippen LogP contribution in [0.15, 0.2) is 84.6 Å². The summed E-state index contributed by atoms with van der Waals surface area (Å²) in [4.78, 5) is 31.6. The topological polar surface area (TPSA) is 79.7 Å². The Balaban J connectivity index is 1.84. The highest BCUT2D eigenvalue weighted by atomic mass is 16.5. The minimum atomic E-state index is -0.789. The van der Waals surface area contributed by atoms with Crippen molar-refractivity contribution in [1.29, 1.82) is 0 Å². The number of ketones is 1. The molecule has 1 saturated heterocycles. The fourth-order valence-electron chi connectivity index (χ4n) is 3.63. The van der Waals surface area contributed by atoms with Crippen molar-refractivity contribution in [3.8, 4) is 5.75 Å². The van der Waals surface area contributed by atoms with Crippen molar-refractivity contribution in [3.63, 3.8) is 0 Å². The highest BCUT2D eigenvalue weighted by Gasteiger charge is 2.47. The molecule has 1 aliphatic rings. The molecule has 0 saturated carbocycles. The number of carbonyl (C=O) groups is 2. The summed E-state index contributed by atoms with van der Waals surface area (Å²) in [6.45, 7) is 3.85. The van der Waals surface area contributed by atoms with Crippen LogP contribution < -0.4 is 9.64 Å². The first kappa shape index (κ1) is 20.3. The lowest BCUT2D eigenvalue weighted by atomic mass is 9.95. The smallest absolute Gasteiger partial charge is 0.301 e. The summed E-state index contributed by atoms with van der Waals surface area (Å²) >= 11 is 0. The normalized spacial score (nSPS) is 17.9. The molecule has 2 aromatic carbocycles. The Hall–Kier alpha value is -3.93. The molecule has 0 aliphatic carbocycles. The van der Waals surface area contributed by atoms with Gasteiger partial charge in [-0.3, -0.25) is 14.5 Å². The third-order valence-corrected chi connectivity index (χ3v) is 4.96. The van der Waals surface area contributed by atoms with E-state index in [4.69, 9.17) is 4.74 Å². The van der Waals surface area contributed by atoms with Crippen LogP contribution in [-0.2, 0) is 9.59 Å². The molecular formula is C25H22N2O4. The maximum atomic E-state index is 13.0. The summed E-state index contributed by atoms with van der Waals surface area (Å²) < 4.78 is 5.64. The molecule has 156 valence electrons. The number of Topliss-reactive ketones (excluding diaryl/α,β-unsaturated/α-hetero) is 1. The molecular weight excluding hydrogens is 392 g/mol. The number of carbonyl (C=O) groups excluding carboxylic acids is 2. The maximum absolute atomic E-state index is 13.0. The van der Waals surface area contributed by atoms with Crippen LogP contribution in [-0.4, -0.2) is 27.9 Å². The third kappa shape index (κ3) is 3.92. The van der Waals surface area contributed by atoms with E-state index < -0.39 is 17.7 Å². The second-order valence-corrected chi connectivity index (χ2v) is 7.46. The van der Waals surface area contributed by atoms with Crippen LogP contribution in [0, 0.1) is 0 Å². The van der Waals surface area contributed by atoms with E-state index in [1.54, 1.807) is 48.7 Å². The average Bonchev–Trinajstić information content (AvgIpc) is 3.05. The number of ether oxygens (including phenoxy) is 1. The van der Waals surface area contributed by atoms with Gasteiger partial charge in [-0.25, -0.2) is 4.98 Å². The fourth-order valence-corrected chi connectivity index (χ4v) is 3.63. The summed E-state index contributed by atoms with van der Waals surface area (Å²) in [6, 6.07) is 20.3. The molecule has 6 heteroatoms. The van der Waals surface area contributed by atoms with E-state index in [1.807, 2.05) is 44.2 Å². The lowest BCUT2D eigenvalue weighted by molar-refractivity contribution is -0.132. The quantitative estimate of drug-likeness (QED) is 0.378. The van der Waals surface area contributed by atoms with Gasteiger partial charge in [-0.05, 0) is 55.8 Å². The van der Waals surface area contributed by atoms with Crippen molar-refractivity contribution in [3.05, 3.63) is 95.7 Å². The molecule has 1 fully saturated rings. The van der Waals surface area contributed by atoms with Gasteiger partial charge in [0, 0.05) is 11.8 Å². The van der Waals surface area contributed by atoms with Crippen LogP contribution in [0.25, 0.3) is 5.76 Å². The van der Waals surface area contributed by atoms with Gasteiger partial charge in [0.25, 0.3) is 5.78 Å². The summed E-state index contributed by atoms with van der Waals surface area (Å²) in [5.74, 6) is -0.714. The second kappa shape index (κ2) is 8.44. The van der Waals surface area contributed by atoms with Crippen LogP contribution in [0.1, 0.15) is 31.0 Å². The SMILES string of the molecule is CC(C)Oc1ccc(/C(O)=C2\C(=O)C(=O)N(c3ccccn3)[C@@H]2c2ccccc2)cc1. The summed E-state index contributed by atoms with van der Waals surface area (Å²) in [7, 11) is 0. The zero-order valence-electron chi connectivity index (χ0n) is 17.2. The molecule has 1 amide bonds. The fraction of sp³-hybridized carbons (Fsp3) is 0.160. The molecule has 6 nitrogen and oxygen atoms in total. The van der Waals surface area contributed by atoms with Gasteiger partial charge in [-0.2, -0.15) is 0 Å². The minimum Gasteiger partial charge on any atom is -0.507 e. The van der Waals surface area contributed by atoms with Crippen LogP contribution in [0.4, 0.5) is 5.82 Å². The van der Waals surface area contributed by atoms with E-state index in [2.05, 4.69) is 4.98 Å². The highest BCUT2D eigenvalue weighted by Crippen LogP contribution is 2.41. The number of hydrogen-bond donors (Lipinski definition) is 1. The number of aliphatic hydroxyl groups is 1. The number of pyridine rings is 1. The Labute approximate surface area is 180 Å². The molecule has 31 heavy (non-hydrogen) atoms. The van der Waals surface area contributed by atoms with Crippen molar-refractivity contribution in [2.24, 2.45) is 0 Å². The van der Waals surface area contributed by atoms with Gasteiger partial charge in [0.1, 0.15) is 17.3 Å². The first-order valence-corrected chi connectivity index (χ1v) is 10.0. The Morgan fingerprint density at radius 1 is 0.968 bits per heavy atom. The molecule has 0 unspecified atom stereocenters. The van der Waals surface area contributed by atoms with Crippen molar-refractivity contribution < 1.29 is 19.4 Å². The van der Waals surface area contributed by atoms with Crippen molar-refractivity contribution in [1.82, 2.24) is 4.98 Å². The van der Waals surface area contributed by atoms with E-state index in [0.29, 0.717) is 22.7 Å². The van der Waals surface area contributed by atoms with Gasteiger partial charge >= 0.3 is 5.91 Å². The molecule has 1 aromatic heterocycles. The van der Waals surface area contributed by atoms with Crippen molar-refractivity contribution in [2.75, 3.05) is 4.90 Å². The number of rotatable bonds is 5. The number of amides is 1. The van der Waals surface area contributed by atoms with E-state index in [-0.39, 0.29) is 17.4 Å². The average molecular weight is 414 g/mol. The molecule has 1 atom stereocenters. The molecule has 1 N–H and O–H groups in total. The van der Waals surface area contributed by atoms with E-state index in [1.165, 1.54) is 4.90 Å². The maximum Gasteiger partial charge on any atom is 0.301 e. The van der Waals surface area contributed by atoms with Crippen molar-refractivity contribution in [2.45, 2.75) is 26.0 Å². The Bertz CT molecular complexity index is 1120. The minimum absolute atomic E-state index is 0.0150. The number of aliphatic hydroxyl groups excluding tert-OH is 1. The molecule has 0 bridgehead atoms. The van der Waals surface area contributed by atoms with Gasteiger partial charge in [-0.15, -0.1) is 0 Å². The number of anilines is 1. The monoisotopic (exact) mass is 414 g/mol. The first-order valence-electron chi connectivity index (χ1n) is 10.0. The summed E-state index contributed by atoms with van der Waals surface area (Å²) in [6.07, 6.45) is 1.57. The number of benzene rings is 2. The molecule has 0 spiro atoms. The largest absolute Gasteiger partial charge is 0.507 e. The number of nitrogens with zero attached hydrogens (tertiary/aromatic N) is 2. The van der Waals surface area contributed by atoms with E-state index >= 15 is 0 Å². The van der Waals surface area contributed by atoms with Crippen LogP contribution in [0.2, 0.25) is 0 Å². The van der Waals surface area contributed by atoms with Crippen molar-refractivity contribution >= 4 is 23.3 Å². The summed E-state index contributed by atoms with van der Waals surface area (Å²) in [5, 5.41) is 11.1. The van der Waals surface area contributed by atoms with E-state index in [9.17, 15) is 14.7 Å². The third-order valence-electron chi connectivity index (χ3n) is 4.96. The zero-order valence-corrected chi connectivity index (χ0v) is 17.2. The number of hydrogen-bond acceptors (Lipinski definition) is 5. The standard InChI is InChI=1S/C25H22N2O4/c1-16(2)31-19-13-11-18(12-14-19)23(28)21-22(17-8-4-3-5-9-17)27(25(30)24(21)29)20-10-6-7-15-26-20/h3-16,22,28H,1-2H3/b23-21+/t22-/m1/s1. The molecule has 2 heterocycles. The lowest BCUT2D eigenvalue weighted by Crippen LogP contribution is -2.30. The van der Waals surface area contributed by atoms with Crippen LogP contribution in [0.3, 0.4) is 0 Å². The predicted octanol–water partition coefficient (Wildman–Crippen LogP) is 4.50. The Kier molecular flexibility index (Phi) is 5.54. The van der Waals surface area contributed by atoms with Crippen LogP contribution in [0.5, 0.6) is 5.75 Å². The molecule has 4 rings (SSSR count). The van der Waals surface area contributed by atoms with Crippen LogP contribution >= 0.6 is 0 Å². The van der Waals surface area contributed by atoms with E-state index in [0.717, 1.165) is 0 Å². The molecule has 1 aliphatic heterocycles. The van der Waals surface area contributed by atoms with Gasteiger partial charge in [0.15, 0.2) is 0 Å². The second-order valence-electron chi connectivity index (χ2n) is 7.46. The lowest BCUT2D eigenvalue weighted by Gasteiger charge is -2.24. The Morgan fingerprint density at radius 3 is 2.26 bits per heavy atom. The summed E-state index contributed by atoms with van der Waals surface area (Å²) in [5.41, 5.74) is 1.16. The predicted molar refractivity (Wildman–Crippen MR) is 118 cm³/mol. The Morgan fingerprint density at radius 2 is 1.65 bits per heavy atom. The van der Waals surface area contributed by atoms with Gasteiger partial charge in [-0.1, -0.05) is 36.4 Å². The first-order chi connectivity index (χ1) is 15.0. The molecule has 0 radical (unpaired) electrons. The highest BCUT2D eigenvalue weighted by molar-refractivity contribution is 6.51.